The van der Waals surface area contributed by atoms with Gasteiger partial charge in [0.1, 0.15) is 12.2 Å². The van der Waals surface area contributed by atoms with Crippen LogP contribution < -0.4 is 0 Å². The van der Waals surface area contributed by atoms with Crippen molar-refractivity contribution in [2.45, 2.75) is 211 Å². The molecule has 2 saturated heterocycles. The van der Waals surface area contributed by atoms with E-state index in [1.807, 2.05) is 13.0 Å². The van der Waals surface area contributed by atoms with Crippen LogP contribution in [0.3, 0.4) is 0 Å². The Balaban J connectivity index is 1.21. The molecule has 0 spiro atoms. The molecule has 0 amide bonds. The molecule has 0 aromatic rings. The molecule has 1 N–H and O–H groups in total. The zero-order valence-corrected chi connectivity index (χ0v) is 28.3. The minimum Gasteiger partial charge on any atom is -0.460 e. The fourth-order valence-corrected chi connectivity index (χ4v) is 7.23. The van der Waals surface area contributed by atoms with Gasteiger partial charge in [-0.3, -0.25) is 4.79 Å². The largest absolute Gasteiger partial charge is 0.460 e. The van der Waals surface area contributed by atoms with Crippen LogP contribution in [0.5, 0.6) is 0 Å². The molecule has 254 valence electrons. The van der Waals surface area contributed by atoms with Crippen LogP contribution in [0.2, 0.25) is 0 Å². The average molecular weight is 621 g/mol. The van der Waals surface area contributed by atoms with Crippen molar-refractivity contribution in [3.05, 3.63) is 11.6 Å². The van der Waals surface area contributed by atoms with Crippen LogP contribution in [0.4, 0.5) is 0 Å². The molecule has 7 heteroatoms. The van der Waals surface area contributed by atoms with Gasteiger partial charge in [0.2, 0.25) is 0 Å². The third-order valence-corrected chi connectivity index (χ3v) is 9.78. The minimum atomic E-state index is -0.410. The van der Waals surface area contributed by atoms with Gasteiger partial charge in [-0.05, 0) is 70.8 Å². The highest BCUT2D eigenvalue weighted by Crippen LogP contribution is 2.35. The van der Waals surface area contributed by atoms with Crippen LogP contribution in [0, 0.1) is 0 Å². The molecule has 3 rings (SSSR count). The van der Waals surface area contributed by atoms with Gasteiger partial charge in [0.05, 0.1) is 30.5 Å². The first-order valence-corrected chi connectivity index (χ1v) is 18.4. The maximum atomic E-state index is 11.8. The lowest BCUT2D eigenvalue weighted by Gasteiger charge is -2.26. The highest BCUT2D eigenvalue weighted by Gasteiger charge is 2.41. The van der Waals surface area contributed by atoms with Crippen LogP contribution in [-0.2, 0) is 28.5 Å². The molecule has 3 aliphatic heterocycles. The second kappa shape index (κ2) is 21.4. The molecule has 0 aromatic heterocycles. The van der Waals surface area contributed by atoms with Gasteiger partial charge in [0.15, 0.2) is 0 Å². The number of ether oxygens (including phenoxy) is 4. The van der Waals surface area contributed by atoms with Crippen molar-refractivity contribution in [3.8, 4) is 0 Å². The van der Waals surface area contributed by atoms with Crippen molar-refractivity contribution in [1.82, 2.24) is 0 Å². The molecule has 0 aromatic carbocycles. The lowest BCUT2D eigenvalue weighted by Crippen LogP contribution is -2.34. The Morgan fingerprint density at radius 2 is 1.32 bits per heavy atom. The summed E-state index contributed by atoms with van der Waals surface area (Å²) in [5.41, 5.74) is 0.853. The number of rotatable bonds is 24. The molecule has 7 atom stereocenters. The molecule has 0 unspecified atom stereocenters. The summed E-state index contributed by atoms with van der Waals surface area (Å²) < 4.78 is 23.7. The second-order valence-electron chi connectivity index (χ2n) is 13.7. The first-order valence-electron chi connectivity index (χ1n) is 18.4. The van der Waals surface area contributed by atoms with E-state index in [1.165, 1.54) is 77.6 Å². The van der Waals surface area contributed by atoms with E-state index in [9.17, 15) is 14.7 Å². The van der Waals surface area contributed by atoms with E-state index in [-0.39, 0.29) is 48.6 Å². The summed E-state index contributed by atoms with van der Waals surface area (Å²) >= 11 is 0. The van der Waals surface area contributed by atoms with Crippen molar-refractivity contribution in [2.24, 2.45) is 0 Å². The predicted octanol–water partition coefficient (Wildman–Crippen LogP) is 8.68. The zero-order chi connectivity index (χ0) is 31.6. The van der Waals surface area contributed by atoms with Crippen molar-refractivity contribution in [2.75, 3.05) is 0 Å². The molecule has 0 aliphatic carbocycles. The number of cyclic esters (lactones) is 1. The third kappa shape index (κ3) is 13.9. The fourth-order valence-electron chi connectivity index (χ4n) is 7.23. The van der Waals surface area contributed by atoms with Crippen LogP contribution in [-0.4, -0.2) is 59.8 Å². The highest BCUT2D eigenvalue weighted by molar-refractivity contribution is 5.90. The Morgan fingerprint density at radius 1 is 0.795 bits per heavy atom. The molecule has 44 heavy (non-hydrogen) atoms. The van der Waals surface area contributed by atoms with E-state index in [0.717, 1.165) is 82.6 Å². The van der Waals surface area contributed by atoms with Gasteiger partial charge >= 0.3 is 11.9 Å². The predicted molar refractivity (Wildman–Crippen MR) is 174 cm³/mol. The van der Waals surface area contributed by atoms with Crippen LogP contribution in [0.15, 0.2) is 11.6 Å². The monoisotopic (exact) mass is 620 g/mol. The van der Waals surface area contributed by atoms with E-state index < -0.39 is 6.10 Å². The third-order valence-electron chi connectivity index (χ3n) is 9.78. The Labute approximate surface area is 268 Å². The van der Waals surface area contributed by atoms with Gasteiger partial charge in [-0.25, -0.2) is 4.79 Å². The molecule has 0 radical (unpaired) electrons. The van der Waals surface area contributed by atoms with Crippen molar-refractivity contribution in [1.29, 1.82) is 0 Å². The Bertz CT molecular complexity index is 842. The summed E-state index contributed by atoms with van der Waals surface area (Å²) in [5.74, 6) is -0.355. The van der Waals surface area contributed by atoms with Crippen molar-refractivity contribution >= 4 is 11.9 Å². The maximum absolute atomic E-state index is 11.8. The number of aliphatic hydroxyl groups excluding tert-OH is 1. The topological polar surface area (TPSA) is 91.3 Å². The lowest BCUT2D eigenvalue weighted by atomic mass is 10.00. The van der Waals surface area contributed by atoms with E-state index in [2.05, 4.69) is 6.92 Å². The van der Waals surface area contributed by atoms with Gasteiger partial charge < -0.3 is 24.1 Å². The van der Waals surface area contributed by atoms with Crippen LogP contribution in [0.25, 0.3) is 0 Å². The Kier molecular flexibility index (Phi) is 18.0. The van der Waals surface area contributed by atoms with Gasteiger partial charge in [-0.2, -0.15) is 0 Å². The van der Waals surface area contributed by atoms with Gasteiger partial charge in [0, 0.05) is 12.5 Å². The lowest BCUT2D eigenvalue weighted by molar-refractivity contribution is -0.158. The van der Waals surface area contributed by atoms with E-state index in [1.54, 1.807) is 0 Å². The first-order chi connectivity index (χ1) is 21.4. The summed E-state index contributed by atoms with van der Waals surface area (Å²) in [6.07, 6.45) is 26.7. The average Bonchev–Trinajstić information content (AvgIpc) is 3.74. The summed E-state index contributed by atoms with van der Waals surface area (Å²) in [4.78, 5) is 23.5. The number of carbonyl (C=O) groups excluding carboxylic acids is 2. The standard InChI is InChI=1S/C37H64O7/c1-4-5-6-7-8-13-16-19-22-33(42-29(3)38)34-25-26-36(44-34)35-24-23-32(43-35)31(39)21-18-15-12-10-9-11-14-17-20-30-27-28(2)41-37(30)40/h27-28,31-36,39H,4-26H2,1-3H3/t28-,31+,32+,33-,34+,35+,36+/m0/s1. The van der Waals surface area contributed by atoms with E-state index in [4.69, 9.17) is 18.9 Å². The number of carbonyl (C=O) groups is 2. The maximum Gasteiger partial charge on any atom is 0.334 e. The Hall–Kier alpha value is -1.44. The molecule has 0 bridgehead atoms. The minimum absolute atomic E-state index is 0.0276. The quantitative estimate of drug-likeness (QED) is 0.0853. The molecule has 3 aliphatic rings. The van der Waals surface area contributed by atoms with Gasteiger partial charge in [0.25, 0.3) is 0 Å². The second-order valence-corrected chi connectivity index (χ2v) is 13.7. The first kappa shape index (κ1) is 37.0. The molecule has 0 saturated carbocycles. The zero-order valence-electron chi connectivity index (χ0n) is 28.3. The van der Waals surface area contributed by atoms with Crippen molar-refractivity contribution in [3.63, 3.8) is 0 Å². The van der Waals surface area contributed by atoms with E-state index in [0.29, 0.717) is 0 Å². The van der Waals surface area contributed by atoms with Crippen molar-refractivity contribution < 1.29 is 33.6 Å². The molecular weight excluding hydrogens is 556 g/mol. The Morgan fingerprint density at radius 3 is 1.89 bits per heavy atom. The fraction of sp³-hybridized carbons (Fsp3) is 0.892. The summed E-state index contributed by atoms with van der Waals surface area (Å²) in [6, 6.07) is 0. The van der Waals surface area contributed by atoms with Gasteiger partial charge in [-0.1, -0.05) is 96.8 Å². The van der Waals surface area contributed by atoms with Crippen LogP contribution >= 0.6 is 0 Å². The number of hydrogen-bond donors (Lipinski definition) is 1. The summed E-state index contributed by atoms with van der Waals surface area (Å²) in [5, 5.41) is 10.8. The number of hydrogen-bond acceptors (Lipinski definition) is 7. The number of aliphatic hydroxyl groups is 1. The highest BCUT2D eigenvalue weighted by atomic mass is 16.6. The van der Waals surface area contributed by atoms with E-state index >= 15 is 0 Å². The molecule has 2 fully saturated rings. The smallest absolute Gasteiger partial charge is 0.334 e. The normalized spacial score (nSPS) is 26.5. The van der Waals surface area contributed by atoms with Crippen LogP contribution in [0.1, 0.15) is 168 Å². The SMILES string of the molecule is CCCCCCCCCC[C@H](OC(C)=O)[C@H]1CC[C@H]([C@H]2CC[C@H]([C@H](O)CCCCCCCCCCC3=C[C@H](C)OC3=O)O2)O1. The molecular formula is C37H64O7. The number of unbranched alkanes of at least 4 members (excludes halogenated alkanes) is 14. The molecule has 3 heterocycles. The number of esters is 2. The molecule has 7 nitrogen and oxygen atoms in total. The summed E-state index contributed by atoms with van der Waals surface area (Å²) in [6.45, 7) is 5.65. The van der Waals surface area contributed by atoms with Gasteiger partial charge in [-0.15, -0.1) is 0 Å². The summed E-state index contributed by atoms with van der Waals surface area (Å²) in [7, 11) is 0.